The molecule has 1 aliphatic heterocycles. The molecule has 118 valence electrons. The molecule has 0 aliphatic carbocycles. The summed E-state index contributed by atoms with van der Waals surface area (Å²) < 4.78 is 38.3. The molecule has 3 N–H and O–H groups in total. The second-order valence-corrected chi connectivity index (χ2v) is 5.11. The van der Waals surface area contributed by atoms with Crippen LogP contribution in [0.1, 0.15) is 30.3 Å². The number of hydrogen-bond donors (Lipinski definition) is 2. The molecule has 0 radical (unpaired) electrons. The van der Waals surface area contributed by atoms with Crippen LogP contribution in [0.5, 0.6) is 0 Å². The lowest BCUT2D eigenvalue weighted by Crippen LogP contribution is -2.36. The Bertz CT molecular complexity index is 641. The Balaban J connectivity index is 1.86. The van der Waals surface area contributed by atoms with Gasteiger partial charge in [-0.2, -0.15) is 33.2 Å². The van der Waals surface area contributed by atoms with Crippen molar-refractivity contribution in [2.45, 2.75) is 24.9 Å². The number of nitrogens with one attached hydrogen (secondary N) is 1. The maximum absolute atomic E-state index is 12.8. The number of nitrogen functional groups attached to an aromatic ring is 1. The normalized spacial score (nSPS) is 19.4. The molecular formula is C12H14F3N7. The smallest absolute Gasteiger partial charge is 0.368 e. The molecule has 7 nitrogen and oxygen atoms in total. The third kappa shape index (κ3) is 2.95. The molecular weight excluding hydrogens is 299 g/mol. The van der Waals surface area contributed by atoms with Crippen molar-refractivity contribution in [3.63, 3.8) is 0 Å². The first-order valence-electron chi connectivity index (χ1n) is 6.76. The van der Waals surface area contributed by atoms with E-state index in [0.29, 0.717) is 13.1 Å². The van der Waals surface area contributed by atoms with E-state index in [4.69, 9.17) is 5.73 Å². The SMILES string of the molecule is Nc1nc(N2CCCC(c3ccn[nH]3)C2)nc(C(F)(F)F)n1. The molecule has 10 heteroatoms. The van der Waals surface area contributed by atoms with Crippen LogP contribution in [-0.4, -0.2) is 38.2 Å². The fourth-order valence-electron chi connectivity index (χ4n) is 2.56. The van der Waals surface area contributed by atoms with Crippen molar-refractivity contribution in [2.24, 2.45) is 0 Å². The highest BCUT2D eigenvalue weighted by atomic mass is 19.4. The van der Waals surface area contributed by atoms with Gasteiger partial charge in [-0.1, -0.05) is 0 Å². The molecule has 0 saturated carbocycles. The van der Waals surface area contributed by atoms with Crippen molar-refractivity contribution in [1.29, 1.82) is 0 Å². The highest BCUT2D eigenvalue weighted by Gasteiger charge is 2.36. The first kappa shape index (κ1) is 14.5. The standard InChI is InChI=1S/C12H14F3N7/c13-12(14,15)9-18-10(16)20-11(19-9)22-5-1-2-7(6-22)8-3-4-17-21-8/h3-4,7H,1-2,5-6H2,(H,17,21)(H2,16,18,19,20). The Kier molecular flexibility index (Phi) is 3.59. The molecule has 2 aromatic heterocycles. The largest absolute Gasteiger partial charge is 0.451 e. The summed E-state index contributed by atoms with van der Waals surface area (Å²) in [5.74, 6) is -1.59. The summed E-state index contributed by atoms with van der Waals surface area (Å²) in [6, 6.07) is 1.86. The summed E-state index contributed by atoms with van der Waals surface area (Å²) in [6.45, 7) is 1.08. The number of rotatable bonds is 2. The van der Waals surface area contributed by atoms with E-state index in [0.717, 1.165) is 18.5 Å². The maximum Gasteiger partial charge on any atom is 0.451 e. The summed E-state index contributed by atoms with van der Waals surface area (Å²) in [4.78, 5) is 12.2. The highest BCUT2D eigenvalue weighted by Crippen LogP contribution is 2.30. The zero-order chi connectivity index (χ0) is 15.7. The highest BCUT2D eigenvalue weighted by molar-refractivity contribution is 5.36. The Morgan fingerprint density at radius 1 is 1.27 bits per heavy atom. The number of halogens is 3. The fourth-order valence-corrected chi connectivity index (χ4v) is 2.56. The molecule has 22 heavy (non-hydrogen) atoms. The van der Waals surface area contributed by atoms with Crippen LogP contribution in [0.4, 0.5) is 25.1 Å². The molecule has 1 saturated heterocycles. The van der Waals surface area contributed by atoms with Gasteiger partial charge in [0.2, 0.25) is 17.7 Å². The van der Waals surface area contributed by atoms with Gasteiger partial charge in [0.1, 0.15) is 0 Å². The van der Waals surface area contributed by atoms with Gasteiger partial charge in [-0.15, -0.1) is 0 Å². The van der Waals surface area contributed by atoms with Crippen molar-refractivity contribution in [3.8, 4) is 0 Å². The first-order chi connectivity index (χ1) is 10.4. The van der Waals surface area contributed by atoms with Gasteiger partial charge in [0.15, 0.2) is 0 Å². The number of H-pyrrole nitrogens is 1. The van der Waals surface area contributed by atoms with Crippen molar-refractivity contribution in [1.82, 2.24) is 25.1 Å². The molecule has 0 bridgehead atoms. The van der Waals surface area contributed by atoms with E-state index in [1.807, 2.05) is 6.07 Å². The average molecular weight is 313 g/mol. The lowest BCUT2D eigenvalue weighted by atomic mass is 9.95. The van der Waals surface area contributed by atoms with Gasteiger partial charge >= 0.3 is 6.18 Å². The quantitative estimate of drug-likeness (QED) is 0.874. The summed E-state index contributed by atoms with van der Waals surface area (Å²) in [7, 11) is 0. The lowest BCUT2D eigenvalue weighted by Gasteiger charge is -2.32. The van der Waals surface area contributed by atoms with Crippen molar-refractivity contribution >= 4 is 11.9 Å². The van der Waals surface area contributed by atoms with Gasteiger partial charge in [-0.05, 0) is 18.9 Å². The molecule has 3 heterocycles. The maximum atomic E-state index is 12.8. The summed E-state index contributed by atoms with van der Waals surface area (Å²) in [5.41, 5.74) is 6.33. The predicted octanol–water partition coefficient (Wildman–Crippen LogP) is 1.58. The number of aromatic nitrogens is 5. The zero-order valence-electron chi connectivity index (χ0n) is 11.5. The van der Waals surface area contributed by atoms with Crippen molar-refractivity contribution in [2.75, 3.05) is 23.7 Å². The van der Waals surface area contributed by atoms with Gasteiger partial charge in [0.25, 0.3) is 0 Å². The number of aromatic amines is 1. The molecule has 0 spiro atoms. The fraction of sp³-hybridized carbons (Fsp3) is 0.500. The summed E-state index contributed by atoms with van der Waals surface area (Å²) in [6.07, 6.45) is -1.26. The van der Waals surface area contributed by atoms with Crippen molar-refractivity contribution in [3.05, 3.63) is 23.8 Å². The number of nitrogens with zero attached hydrogens (tertiary/aromatic N) is 5. The number of alkyl halides is 3. The van der Waals surface area contributed by atoms with E-state index in [2.05, 4.69) is 25.1 Å². The monoisotopic (exact) mass is 313 g/mol. The van der Waals surface area contributed by atoms with Crippen LogP contribution in [0, 0.1) is 0 Å². The molecule has 0 aromatic carbocycles. The number of piperidine rings is 1. The summed E-state index contributed by atoms with van der Waals surface area (Å²) in [5, 5.41) is 6.79. The number of hydrogen-bond acceptors (Lipinski definition) is 6. The molecule has 0 amide bonds. The van der Waals surface area contributed by atoms with Gasteiger partial charge < -0.3 is 10.6 Å². The van der Waals surface area contributed by atoms with E-state index in [9.17, 15) is 13.2 Å². The van der Waals surface area contributed by atoms with Crippen LogP contribution < -0.4 is 10.6 Å². The number of nitrogens with two attached hydrogens (primary N) is 1. The molecule has 1 atom stereocenters. The van der Waals surface area contributed by atoms with Gasteiger partial charge in [0, 0.05) is 30.9 Å². The van der Waals surface area contributed by atoms with Gasteiger partial charge in [-0.25, -0.2) is 0 Å². The minimum absolute atomic E-state index is 0.0379. The second kappa shape index (κ2) is 5.43. The predicted molar refractivity (Wildman–Crippen MR) is 72.0 cm³/mol. The van der Waals surface area contributed by atoms with Crippen LogP contribution in [0.15, 0.2) is 12.3 Å². The van der Waals surface area contributed by atoms with Crippen LogP contribution in [-0.2, 0) is 6.18 Å². The average Bonchev–Trinajstić information content (AvgIpc) is 3.00. The minimum atomic E-state index is -4.65. The van der Waals surface area contributed by atoms with Gasteiger partial charge in [0.05, 0.1) is 0 Å². The third-order valence-corrected chi connectivity index (χ3v) is 3.56. The second-order valence-electron chi connectivity index (χ2n) is 5.11. The van der Waals surface area contributed by atoms with E-state index in [1.54, 1.807) is 11.1 Å². The van der Waals surface area contributed by atoms with E-state index >= 15 is 0 Å². The van der Waals surface area contributed by atoms with E-state index in [1.165, 1.54) is 0 Å². The summed E-state index contributed by atoms with van der Waals surface area (Å²) >= 11 is 0. The molecule has 1 unspecified atom stereocenters. The minimum Gasteiger partial charge on any atom is -0.368 e. The van der Waals surface area contributed by atoms with E-state index in [-0.39, 0.29) is 11.9 Å². The van der Waals surface area contributed by atoms with E-state index < -0.39 is 17.9 Å². The number of anilines is 2. The molecule has 1 fully saturated rings. The van der Waals surface area contributed by atoms with Gasteiger partial charge in [-0.3, -0.25) is 5.10 Å². The first-order valence-corrected chi connectivity index (χ1v) is 6.76. The van der Waals surface area contributed by atoms with Crippen LogP contribution >= 0.6 is 0 Å². The zero-order valence-corrected chi connectivity index (χ0v) is 11.5. The Morgan fingerprint density at radius 2 is 2.09 bits per heavy atom. The van der Waals surface area contributed by atoms with Crippen LogP contribution in [0.3, 0.4) is 0 Å². The van der Waals surface area contributed by atoms with Crippen molar-refractivity contribution < 1.29 is 13.2 Å². The Morgan fingerprint density at radius 3 is 2.77 bits per heavy atom. The lowest BCUT2D eigenvalue weighted by molar-refractivity contribution is -0.144. The third-order valence-electron chi connectivity index (χ3n) is 3.56. The Hall–Kier alpha value is -2.39. The topological polar surface area (TPSA) is 96.6 Å². The molecule has 2 aromatic rings. The molecule has 3 rings (SSSR count). The van der Waals surface area contributed by atoms with Crippen LogP contribution in [0.2, 0.25) is 0 Å². The molecule has 1 aliphatic rings. The Labute approximate surface area is 123 Å². The van der Waals surface area contributed by atoms with Crippen LogP contribution in [0.25, 0.3) is 0 Å².